The Labute approximate surface area is 154 Å². The topological polar surface area (TPSA) is 95.9 Å². The molecular formula is C18H20F2N2O5. The Morgan fingerprint density at radius 3 is 2.59 bits per heavy atom. The van der Waals surface area contributed by atoms with Gasteiger partial charge in [0.05, 0.1) is 11.5 Å². The number of nitrogens with one attached hydrogen (secondary N) is 1. The highest BCUT2D eigenvalue weighted by Crippen LogP contribution is 2.29. The predicted octanol–water partition coefficient (Wildman–Crippen LogP) is 1.87. The van der Waals surface area contributed by atoms with E-state index in [1.54, 1.807) is 0 Å². The van der Waals surface area contributed by atoms with Gasteiger partial charge in [-0.1, -0.05) is 12.1 Å². The minimum absolute atomic E-state index is 0.0212. The second-order valence-electron chi connectivity index (χ2n) is 6.74. The molecule has 9 heteroatoms. The number of carbonyl (C=O) groups excluding carboxylic acids is 2. The molecule has 1 saturated carbocycles. The number of carboxylic acid groups (broad SMARTS) is 1. The number of para-hydroxylation sites is 1. The second-order valence-corrected chi connectivity index (χ2v) is 6.74. The van der Waals surface area contributed by atoms with Crippen LogP contribution < -0.4 is 10.1 Å². The van der Waals surface area contributed by atoms with Crippen LogP contribution in [0.25, 0.3) is 0 Å². The first kappa shape index (κ1) is 19.1. The maximum absolute atomic E-state index is 12.8. The molecule has 3 rings (SSSR count). The number of aliphatic carboxylic acids is 1. The molecule has 2 amide bonds. The van der Waals surface area contributed by atoms with Crippen molar-refractivity contribution in [2.45, 2.75) is 44.4 Å². The first-order valence-electron chi connectivity index (χ1n) is 8.74. The smallest absolute Gasteiger partial charge is 0.387 e. The van der Waals surface area contributed by atoms with Gasteiger partial charge in [0, 0.05) is 12.6 Å². The first-order chi connectivity index (χ1) is 12.9. The molecule has 0 radical (unpaired) electrons. The van der Waals surface area contributed by atoms with Crippen LogP contribution >= 0.6 is 0 Å². The fourth-order valence-electron chi connectivity index (χ4n) is 3.51. The van der Waals surface area contributed by atoms with Crippen molar-refractivity contribution >= 4 is 17.8 Å². The zero-order valence-corrected chi connectivity index (χ0v) is 14.4. The van der Waals surface area contributed by atoms with Crippen molar-refractivity contribution in [1.29, 1.82) is 0 Å². The summed E-state index contributed by atoms with van der Waals surface area (Å²) in [6.07, 6.45) is 1.81. The fourth-order valence-corrected chi connectivity index (χ4v) is 3.51. The number of carbonyl (C=O) groups is 3. The molecule has 2 aliphatic rings. The van der Waals surface area contributed by atoms with Crippen LogP contribution in [0.5, 0.6) is 5.75 Å². The number of alkyl halides is 2. The van der Waals surface area contributed by atoms with E-state index in [0.717, 1.165) is 0 Å². The van der Waals surface area contributed by atoms with Crippen LogP contribution in [0, 0.1) is 5.92 Å². The normalized spacial score (nSPS) is 24.4. The molecule has 2 N–H and O–H groups in total. The molecule has 1 aromatic carbocycles. The highest BCUT2D eigenvalue weighted by atomic mass is 19.3. The molecule has 7 nitrogen and oxygen atoms in total. The van der Waals surface area contributed by atoms with Gasteiger partial charge in [0.2, 0.25) is 5.91 Å². The highest BCUT2D eigenvalue weighted by Gasteiger charge is 2.40. The number of carboxylic acids is 1. The van der Waals surface area contributed by atoms with Crippen molar-refractivity contribution in [3.05, 3.63) is 29.8 Å². The number of amides is 2. The summed E-state index contributed by atoms with van der Waals surface area (Å²) in [7, 11) is 0. The van der Waals surface area contributed by atoms with E-state index in [1.807, 2.05) is 0 Å². The van der Waals surface area contributed by atoms with Crippen molar-refractivity contribution < 1.29 is 33.0 Å². The van der Waals surface area contributed by atoms with Crippen LogP contribution in [-0.2, 0) is 9.59 Å². The van der Waals surface area contributed by atoms with Gasteiger partial charge in [-0.15, -0.1) is 0 Å². The van der Waals surface area contributed by atoms with E-state index in [2.05, 4.69) is 10.1 Å². The molecule has 1 aliphatic carbocycles. The summed E-state index contributed by atoms with van der Waals surface area (Å²) < 4.78 is 29.6. The van der Waals surface area contributed by atoms with Gasteiger partial charge in [0.1, 0.15) is 11.8 Å². The first-order valence-corrected chi connectivity index (χ1v) is 8.74. The molecule has 1 atom stereocenters. The van der Waals surface area contributed by atoms with E-state index in [9.17, 15) is 23.2 Å². The molecule has 1 aliphatic heterocycles. The zero-order chi connectivity index (χ0) is 19.6. The molecular weight excluding hydrogens is 362 g/mol. The van der Waals surface area contributed by atoms with Crippen molar-refractivity contribution in [3.63, 3.8) is 0 Å². The van der Waals surface area contributed by atoms with Crippen LogP contribution in [0.1, 0.15) is 36.0 Å². The average molecular weight is 382 g/mol. The number of benzene rings is 1. The van der Waals surface area contributed by atoms with E-state index in [1.165, 1.54) is 29.2 Å². The summed E-state index contributed by atoms with van der Waals surface area (Å²) in [5, 5.41) is 11.7. The number of ether oxygens (including phenoxy) is 1. The number of halogens is 2. The largest absolute Gasteiger partial charge is 0.481 e. The number of hydrogen-bond donors (Lipinski definition) is 2. The summed E-state index contributed by atoms with van der Waals surface area (Å²) in [6.45, 7) is -2.72. The summed E-state index contributed by atoms with van der Waals surface area (Å²) in [5.74, 6) is -2.45. The number of nitrogens with zero attached hydrogens (tertiary/aromatic N) is 1. The van der Waals surface area contributed by atoms with E-state index >= 15 is 0 Å². The minimum atomic E-state index is -3.06. The fraction of sp³-hybridized carbons (Fsp3) is 0.500. The van der Waals surface area contributed by atoms with Gasteiger partial charge >= 0.3 is 12.6 Å². The quantitative estimate of drug-likeness (QED) is 0.783. The maximum atomic E-state index is 12.8. The van der Waals surface area contributed by atoms with Gasteiger partial charge in [-0.3, -0.25) is 14.4 Å². The van der Waals surface area contributed by atoms with Crippen LogP contribution in [0.3, 0.4) is 0 Å². The second kappa shape index (κ2) is 7.89. The Kier molecular flexibility index (Phi) is 5.57. The van der Waals surface area contributed by atoms with Crippen LogP contribution in [-0.4, -0.2) is 53.0 Å². The van der Waals surface area contributed by atoms with Gasteiger partial charge in [-0.05, 0) is 37.8 Å². The molecule has 27 heavy (non-hydrogen) atoms. The van der Waals surface area contributed by atoms with E-state index < -0.39 is 30.4 Å². The highest BCUT2D eigenvalue weighted by molar-refractivity contribution is 6.00. The number of hydrogen-bond acceptors (Lipinski definition) is 4. The summed E-state index contributed by atoms with van der Waals surface area (Å²) in [5.41, 5.74) is -0.0212. The third kappa shape index (κ3) is 4.17. The lowest BCUT2D eigenvalue weighted by molar-refractivity contribution is -0.146. The SMILES string of the molecule is O=C(O)C1CC(NC(=O)C2CCCN2C(=O)c2ccccc2OC(F)F)C1. The number of likely N-dealkylation sites (tertiary alicyclic amines) is 1. The standard InChI is InChI=1S/C18H20F2N2O5/c19-18(20)27-14-6-2-1-4-12(14)16(24)22-7-3-5-13(22)15(23)21-11-8-10(9-11)17(25)26/h1-2,4,6,10-11,13,18H,3,5,7-9H2,(H,21,23)(H,25,26). The van der Waals surface area contributed by atoms with Gasteiger partial charge in [-0.2, -0.15) is 8.78 Å². The predicted molar refractivity (Wildman–Crippen MR) is 89.4 cm³/mol. The maximum Gasteiger partial charge on any atom is 0.387 e. The zero-order valence-electron chi connectivity index (χ0n) is 14.4. The van der Waals surface area contributed by atoms with E-state index in [-0.39, 0.29) is 23.3 Å². The molecule has 1 aromatic rings. The van der Waals surface area contributed by atoms with Crippen molar-refractivity contribution in [1.82, 2.24) is 10.2 Å². The molecule has 1 saturated heterocycles. The van der Waals surface area contributed by atoms with Crippen LogP contribution in [0.15, 0.2) is 24.3 Å². The molecule has 0 bridgehead atoms. The van der Waals surface area contributed by atoms with Crippen LogP contribution in [0.2, 0.25) is 0 Å². The number of rotatable bonds is 6. The monoisotopic (exact) mass is 382 g/mol. The summed E-state index contributed by atoms with van der Waals surface area (Å²) in [6, 6.07) is 4.77. The lowest BCUT2D eigenvalue weighted by Crippen LogP contribution is -2.53. The Morgan fingerprint density at radius 1 is 1.22 bits per heavy atom. The lowest BCUT2D eigenvalue weighted by Gasteiger charge is -2.34. The molecule has 0 aromatic heterocycles. The summed E-state index contributed by atoms with van der Waals surface area (Å²) in [4.78, 5) is 37.6. The lowest BCUT2D eigenvalue weighted by atomic mass is 9.80. The average Bonchev–Trinajstić information content (AvgIpc) is 3.06. The van der Waals surface area contributed by atoms with Crippen molar-refractivity contribution in [2.24, 2.45) is 5.92 Å². The van der Waals surface area contributed by atoms with Gasteiger partial charge < -0.3 is 20.1 Å². The van der Waals surface area contributed by atoms with Crippen molar-refractivity contribution in [2.75, 3.05) is 6.54 Å². The molecule has 1 heterocycles. The Bertz CT molecular complexity index is 736. The molecule has 1 unspecified atom stereocenters. The van der Waals surface area contributed by atoms with Crippen LogP contribution in [0.4, 0.5) is 8.78 Å². The third-order valence-corrected chi connectivity index (χ3v) is 4.98. The third-order valence-electron chi connectivity index (χ3n) is 4.98. The van der Waals surface area contributed by atoms with Gasteiger partial charge in [0.15, 0.2) is 0 Å². The Hall–Kier alpha value is -2.71. The Balaban J connectivity index is 1.67. The minimum Gasteiger partial charge on any atom is -0.481 e. The molecule has 0 spiro atoms. The molecule has 2 fully saturated rings. The molecule has 146 valence electrons. The van der Waals surface area contributed by atoms with E-state index in [4.69, 9.17) is 5.11 Å². The van der Waals surface area contributed by atoms with Gasteiger partial charge in [-0.25, -0.2) is 0 Å². The van der Waals surface area contributed by atoms with E-state index in [0.29, 0.717) is 32.2 Å². The van der Waals surface area contributed by atoms with Gasteiger partial charge in [0.25, 0.3) is 5.91 Å². The summed E-state index contributed by atoms with van der Waals surface area (Å²) >= 11 is 0. The van der Waals surface area contributed by atoms with Crippen molar-refractivity contribution in [3.8, 4) is 5.75 Å². The Morgan fingerprint density at radius 2 is 1.93 bits per heavy atom.